The van der Waals surface area contributed by atoms with Gasteiger partial charge >= 0.3 is 0 Å². The zero-order valence-electron chi connectivity index (χ0n) is 14.5. The number of sulfonamides is 1. The molecule has 1 aliphatic rings. The fourth-order valence-electron chi connectivity index (χ4n) is 3.01. The van der Waals surface area contributed by atoms with Gasteiger partial charge in [0.25, 0.3) is 0 Å². The van der Waals surface area contributed by atoms with Crippen LogP contribution >= 0.6 is 24.0 Å². The van der Waals surface area contributed by atoms with Crippen molar-refractivity contribution in [1.29, 1.82) is 0 Å². The zero-order valence-corrected chi connectivity index (χ0v) is 16.8. The lowest BCUT2D eigenvalue weighted by Crippen LogP contribution is -2.51. The molecule has 0 bridgehead atoms. The van der Waals surface area contributed by atoms with Gasteiger partial charge in [0.2, 0.25) is 10.0 Å². The van der Waals surface area contributed by atoms with Crippen molar-refractivity contribution in [3.05, 3.63) is 23.2 Å². The second-order valence-electron chi connectivity index (χ2n) is 6.27. The van der Waals surface area contributed by atoms with E-state index in [1.165, 1.54) is 6.07 Å². The molecule has 2 rings (SSSR count). The van der Waals surface area contributed by atoms with Gasteiger partial charge in [0, 0.05) is 24.2 Å². The van der Waals surface area contributed by atoms with Crippen molar-refractivity contribution in [2.45, 2.75) is 49.1 Å². The van der Waals surface area contributed by atoms with Crippen molar-refractivity contribution in [2.24, 2.45) is 5.73 Å². The van der Waals surface area contributed by atoms with E-state index in [4.69, 9.17) is 26.8 Å². The summed E-state index contributed by atoms with van der Waals surface area (Å²) < 4.78 is 39.4. The molecule has 144 valence electrons. The van der Waals surface area contributed by atoms with E-state index in [-0.39, 0.29) is 35.7 Å². The number of nitrogens with one attached hydrogen (secondary N) is 1. The molecule has 0 saturated heterocycles. The first-order valence-electron chi connectivity index (χ1n) is 8.01. The summed E-state index contributed by atoms with van der Waals surface area (Å²) in [7, 11) is -2.25. The predicted octanol–water partition coefficient (Wildman–Crippen LogP) is 2.73. The summed E-state index contributed by atoms with van der Waals surface area (Å²) in [5, 5.41) is 0.329. The van der Waals surface area contributed by atoms with E-state index in [2.05, 4.69) is 4.72 Å². The minimum atomic E-state index is -3.81. The van der Waals surface area contributed by atoms with Gasteiger partial charge in [-0.3, -0.25) is 0 Å². The standard InChI is InChI=1S/C16H25ClN2O4S.ClH/c1-12(10-22-2)23-14-6-5-13(17)9-15(14)24(20,21)19-16(11-18)7-3-4-8-16;/h5-6,9,12,19H,3-4,7-8,10-11,18H2,1-2H3;1H. The van der Waals surface area contributed by atoms with Crippen molar-refractivity contribution < 1.29 is 17.9 Å². The highest BCUT2D eigenvalue weighted by Crippen LogP contribution is 2.33. The molecule has 9 heteroatoms. The van der Waals surface area contributed by atoms with E-state index in [0.717, 1.165) is 25.7 Å². The summed E-state index contributed by atoms with van der Waals surface area (Å²) in [6, 6.07) is 4.56. The minimum Gasteiger partial charge on any atom is -0.487 e. The molecule has 0 aliphatic heterocycles. The molecule has 0 aromatic heterocycles. The van der Waals surface area contributed by atoms with Crippen molar-refractivity contribution in [3.63, 3.8) is 0 Å². The number of hydrogen-bond donors (Lipinski definition) is 2. The first kappa shape index (κ1) is 22.5. The number of rotatable bonds is 8. The van der Waals surface area contributed by atoms with Gasteiger partial charge in [-0.2, -0.15) is 0 Å². The normalized spacial score (nSPS) is 17.8. The van der Waals surface area contributed by atoms with E-state index >= 15 is 0 Å². The van der Waals surface area contributed by atoms with Gasteiger partial charge < -0.3 is 15.2 Å². The molecule has 1 aromatic rings. The lowest BCUT2D eigenvalue weighted by Gasteiger charge is -2.29. The lowest BCUT2D eigenvalue weighted by atomic mass is 10.0. The third kappa shape index (κ3) is 5.70. The largest absolute Gasteiger partial charge is 0.487 e. The number of ether oxygens (including phenoxy) is 2. The van der Waals surface area contributed by atoms with Crippen molar-refractivity contribution >= 4 is 34.0 Å². The molecule has 0 amide bonds. The Kier molecular flexibility index (Phi) is 8.44. The van der Waals surface area contributed by atoms with Gasteiger partial charge in [-0.1, -0.05) is 24.4 Å². The molecule has 25 heavy (non-hydrogen) atoms. The van der Waals surface area contributed by atoms with E-state index in [0.29, 0.717) is 11.6 Å². The van der Waals surface area contributed by atoms with Gasteiger partial charge in [-0.05, 0) is 38.0 Å². The fraction of sp³-hybridized carbons (Fsp3) is 0.625. The SMILES string of the molecule is COCC(C)Oc1ccc(Cl)cc1S(=O)(=O)NC1(CN)CCCC1.Cl. The van der Waals surface area contributed by atoms with Crippen molar-refractivity contribution in [3.8, 4) is 5.75 Å². The smallest absolute Gasteiger partial charge is 0.244 e. The van der Waals surface area contributed by atoms with Crippen LogP contribution in [0.4, 0.5) is 0 Å². The third-order valence-corrected chi connectivity index (χ3v) is 6.06. The average Bonchev–Trinajstić information content (AvgIpc) is 2.97. The summed E-state index contributed by atoms with van der Waals surface area (Å²) >= 11 is 6.01. The molecular formula is C16H26Cl2N2O4S. The van der Waals surface area contributed by atoms with Crippen LogP contribution in [0.5, 0.6) is 5.75 Å². The number of hydrogen-bond acceptors (Lipinski definition) is 5. The second kappa shape index (κ2) is 9.39. The number of nitrogens with two attached hydrogens (primary N) is 1. The zero-order chi connectivity index (χ0) is 17.8. The summed E-state index contributed by atoms with van der Waals surface area (Å²) in [6.07, 6.45) is 3.10. The number of halogens is 2. The topological polar surface area (TPSA) is 90.6 Å². The van der Waals surface area contributed by atoms with E-state index in [1.54, 1.807) is 26.2 Å². The first-order chi connectivity index (χ1) is 11.3. The van der Waals surface area contributed by atoms with Gasteiger partial charge in [-0.25, -0.2) is 13.1 Å². The van der Waals surface area contributed by atoms with Crippen LogP contribution in [-0.2, 0) is 14.8 Å². The molecule has 1 fully saturated rings. The molecule has 6 nitrogen and oxygen atoms in total. The molecule has 1 atom stereocenters. The molecule has 1 saturated carbocycles. The number of benzene rings is 1. The predicted molar refractivity (Wildman–Crippen MR) is 101 cm³/mol. The van der Waals surface area contributed by atoms with Gasteiger partial charge in [0.15, 0.2) is 0 Å². The van der Waals surface area contributed by atoms with Crippen LogP contribution in [0.15, 0.2) is 23.1 Å². The molecular weight excluding hydrogens is 387 g/mol. The van der Waals surface area contributed by atoms with E-state index in [9.17, 15) is 8.42 Å². The summed E-state index contributed by atoms with van der Waals surface area (Å²) in [6.45, 7) is 2.42. The highest BCUT2D eigenvalue weighted by Gasteiger charge is 2.37. The molecule has 1 aliphatic carbocycles. The molecule has 0 spiro atoms. The van der Waals surface area contributed by atoms with Crippen LogP contribution in [0.3, 0.4) is 0 Å². The van der Waals surface area contributed by atoms with Crippen LogP contribution < -0.4 is 15.2 Å². The Hall–Kier alpha value is -0.570. The molecule has 0 heterocycles. The Morgan fingerprint density at radius 2 is 2.00 bits per heavy atom. The average molecular weight is 413 g/mol. The highest BCUT2D eigenvalue weighted by atomic mass is 35.5. The molecule has 1 aromatic carbocycles. The minimum absolute atomic E-state index is 0. The van der Waals surface area contributed by atoms with Crippen LogP contribution in [0.25, 0.3) is 0 Å². The lowest BCUT2D eigenvalue weighted by molar-refractivity contribution is 0.0901. The Balaban J connectivity index is 0.00000312. The van der Waals surface area contributed by atoms with Gasteiger partial charge in [0.05, 0.1) is 6.61 Å². The van der Waals surface area contributed by atoms with Crippen molar-refractivity contribution in [1.82, 2.24) is 4.72 Å². The Labute approximate surface area is 160 Å². The van der Waals surface area contributed by atoms with Crippen molar-refractivity contribution in [2.75, 3.05) is 20.3 Å². The van der Waals surface area contributed by atoms with Crippen LogP contribution in [-0.4, -0.2) is 40.3 Å². The Bertz CT molecular complexity index is 664. The van der Waals surface area contributed by atoms with Crippen LogP contribution in [0.2, 0.25) is 5.02 Å². The molecule has 0 radical (unpaired) electrons. The third-order valence-electron chi connectivity index (χ3n) is 4.23. The fourth-order valence-corrected chi connectivity index (χ4v) is 4.88. The molecule has 1 unspecified atom stereocenters. The van der Waals surface area contributed by atoms with Gasteiger partial charge in [0.1, 0.15) is 16.7 Å². The maximum atomic E-state index is 12.9. The summed E-state index contributed by atoms with van der Waals surface area (Å²) in [5.74, 6) is 0.251. The quantitative estimate of drug-likeness (QED) is 0.684. The first-order valence-corrected chi connectivity index (χ1v) is 9.87. The maximum Gasteiger partial charge on any atom is 0.244 e. The van der Waals surface area contributed by atoms with Crippen LogP contribution in [0.1, 0.15) is 32.6 Å². The maximum absolute atomic E-state index is 12.9. The van der Waals surface area contributed by atoms with E-state index in [1.807, 2.05) is 0 Å². The number of methoxy groups -OCH3 is 1. The summed E-state index contributed by atoms with van der Waals surface area (Å²) in [4.78, 5) is 0.0256. The second-order valence-corrected chi connectivity index (χ2v) is 8.36. The van der Waals surface area contributed by atoms with E-state index < -0.39 is 15.6 Å². The van der Waals surface area contributed by atoms with Crippen LogP contribution in [0, 0.1) is 0 Å². The summed E-state index contributed by atoms with van der Waals surface area (Å²) in [5.41, 5.74) is 5.25. The molecule has 3 N–H and O–H groups in total. The monoisotopic (exact) mass is 412 g/mol. The Morgan fingerprint density at radius 3 is 2.56 bits per heavy atom. The highest BCUT2D eigenvalue weighted by molar-refractivity contribution is 7.89. The Morgan fingerprint density at radius 1 is 1.36 bits per heavy atom. The van der Waals surface area contributed by atoms with Gasteiger partial charge in [-0.15, -0.1) is 12.4 Å².